The van der Waals surface area contributed by atoms with E-state index in [1.165, 1.54) is 38.5 Å². The topological polar surface area (TPSA) is 40.5 Å². The van der Waals surface area contributed by atoms with E-state index in [9.17, 15) is 10.2 Å². The first-order valence-electron chi connectivity index (χ1n) is 13.5. The van der Waals surface area contributed by atoms with Gasteiger partial charge >= 0.3 is 0 Å². The lowest BCUT2D eigenvalue weighted by molar-refractivity contribution is -0.197. The summed E-state index contributed by atoms with van der Waals surface area (Å²) in [7, 11) is 0. The predicted octanol–water partition coefficient (Wildman–Crippen LogP) is 7.06. The van der Waals surface area contributed by atoms with Crippen molar-refractivity contribution in [2.24, 2.45) is 44.3 Å². The second-order valence-electron chi connectivity index (χ2n) is 14.7. The molecule has 0 heterocycles. The molecule has 5 aliphatic rings. The van der Waals surface area contributed by atoms with E-state index in [0.29, 0.717) is 22.7 Å². The molecule has 0 unspecified atom stereocenters. The Labute approximate surface area is 197 Å². The largest absolute Gasteiger partial charge is 0.396 e. The van der Waals surface area contributed by atoms with Gasteiger partial charge < -0.3 is 10.2 Å². The summed E-state index contributed by atoms with van der Waals surface area (Å²) in [5.41, 5.74) is 4.53. The molecule has 0 aromatic heterocycles. The van der Waals surface area contributed by atoms with Crippen LogP contribution in [-0.4, -0.2) is 22.9 Å². The van der Waals surface area contributed by atoms with Gasteiger partial charge in [0.2, 0.25) is 0 Å². The number of hydrogen-bond donors (Lipinski definition) is 2. The van der Waals surface area contributed by atoms with E-state index in [4.69, 9.17) is 0 Å². The maximum Gasteiger partial charge on any atom is 0.0618 e. The van der Waals surface area contributed by atoms with Gasteiger partial charge in [-0.1, -0.05) is 66.2 Å². The Balaban J connectivity index is 1.64. The third-order valence-electron chi connectivity index (χ3n) is 12.5. The van der Waals surface area contributed by atoms with Gasteiger partial charge in [0, 0.05) is 5.41 Å². The summed E-state index contributed by atoms with van der Waals surface area (Å²) in [6, 6.07) is 0. The Morgan fingerprint density at radius 3 is 2.25 bits per heavy atom. The minimum atomic E-state index is -0.379. The molecule has 2 heteroatoms. The van der Waals surface area contributed by atoms with Crippen LogP contribution < -0.4 is 0 Å². The van der Waals surface area contributed by atoms with Crippen molar-refractivity contribution in [3.8, 4) is 0 Å². The highest BCUT2D eigenvalue weighted by molar-refractivity contribution is 5.45. The molecule has 0 saturated heterocycles. The van der Waals surface area contributed by atoms with Gasteiger partial charge in [0.05, 0.1) is 12.7 Å². The highest BCUT2D eigenvalue weighted by Crippen LogP contribution is 2.74. The van der Waals surface area contributed by atoms with E-state index in [0.717, 1.165) is 19.3 Å². The predicted molar refractivity (Wildman–Crippen MR) is 132 cm³/mol. The van der Waals surface area contributed by atoms with Crippen LogP contribution in [0.5, 0.6) is 0 Å². The summed E-state index contributed by atoms with van der Waals surface area (Å²) in [5.74, 6) is 0.897. The van der Waals surface area contributed by atoms with Crippen LogP contribution in [0, 0.1) is 44.3 Å². The van der Waals surface area contributed by atoms with Crippen molar-refractivity contribution in [2.45, 2.75) is 112 Å². The first-order chi connectivity index (χ1) is 14.8. The fourth-order valence-electron chi connectivity index (χ4n) is 9.87. The maximum absolute atomic E-state index is 10.9. The zero-order valence-corrected chi connectivity index (χ0v) is 21.9. The second kappa shape index (κ2) is 6.75. The van der Waals surface area contributed by atoms with E-state index in [2.05, 4.69) is 60.6 Å². The van der Waals surface area contributed by atoms with Crippen LogP contribution in [0.4, 0.5) is 0 Å². The van der Waals surface area contributed by atoms with Gasteiger partial charge in [0.1, 0.15) is 0 Å². The number of aliphatic hydroxyl groups is 2. The fourth-order valence-corrected chi connectivity index (χ4v) is 9.87. The number of fused-ring (bicyclic) bond motifs is 6. The third kappa shape index (κ3) is 2.72. The zero-order chi connectivity index (χ0) is 23.4. The molecule has 8 atom stereocenters. The molecule has 0 spiro atoms. The van der Waals surface area contributed by atoms with Crippen molar-refractivity contribution >= 4 is 0 Å². The first-order valence-corrected chi connectivity index (χ1v) is 13.5. The van der Waals surface area contributed by atoms with Crippen molar-refractivity contribution in [1.82, 2.24) is 0 Å². The summed E-state index contributed by atoms with van der Waals surface area (Å²) in [5, 5.41) is 21.3. The van der Waals surface area contributed by atoms with Crippen LogP contribution in [0.2, 0.25) is 0 Å². The van der Waals surface area contributed by atoms with Gasteiger partial charge in [-0.05, 0) is 102 Å². The summed E-state index contributed by atoms with van der Waals surface area (Å²) in [6.07, 6.45) is 15.6. The van der Waals surface area contributed by atoms with E-state index < -0.39 is 0 Å². The second-order valence-corrected chi connectivity index (χ2v) is 14.7. The number of allylic oxidation sites excluding steroid dienone is 4. The van der Waals surface area contributed by atoms with E-state index in [1.807, 2.05) is 0 Å². The molecule has 2 nitrogen and oxygen atoms in total. The van der Waals surface area contributed by atoms with Crippen LogP contribution in [0.25, 0.3) is 0 Å². The molecule has 0 aromatic rings. The Kier molecular flexibility index (Phi) is 4.88. The van der Waals surface area contributed by atoms with Crippen LogP contribution in [0.3, 0.4) is 0 Å². The lowest BCUT2D eigenvalue weighted by atomic mass is 9.35. The fraction of sp³-hybridized carbons (Fsp3) is 0.867. The van der Waals surface area contributed by atoms with Gasteiger partial charge in [-0.15, -0.1) is 0 Å². The molecule has 0 aliphatic heterocycles. The Bertz CT molecular complexity index is 868. The molecule has 32 heavy (non-hydrogen) atoms. The molecular weight excluding hydrogens is 392 g/mol. The average molecular weight is 441 g/mol. The van der Waals surface area contributed by atoms with E-state index >= 15 is 0 Å². The van der Waals surface area contributed by atoms with Crippen LogP contribution in [-0.2, 0) is 0 Å². The molecule has 5 aliphatic carbocycles. The molecule has 0 amide bonds. The molecule has 3 saturated carbocycles. The van der Waals surface area contributed by atoms with Gasteiger partial charge in [0.25, 0.3) is 0 Å². The third-order valence-corrected chi connectivity index (χ3v) is 12.5. The normalized spacial score (nSPS) is 54.3. The minimum Gasteiger partial charge on any atom is -0.396 e. The standard InChI is InChI=1S/C30H48O2/c1-25(2)14-15-26(3)16-17-29(6)20(21(26)18-25)8-9-23-27(4)12-11-24(32)28(5,19-31)22(27)10-13-30(23,29)7/h8-9,22-24,31-32H,10-19H2,1-7H3/t22-,23+,24-,26+,27-,28+,29+,30+/m0/s1. The van der Waals surface area contributed by atoms with Crippen LogP contribution in [0.15, 0.2) is 23.3 Å². The van der Waals surface area contributed by atoms with Crippen molar-refractivity contribution in [3.05, 3.63) is 23.3 Å². The van der Waals surface area contributed by atoms with E-state index in [-0.39, 0.29) is 34.4 Å². The lowest BCUT2D eigenvalue weighted by Gasteiger charge is -2.69. The quantitative estimate of drug-likeness (QED) is 0.458. The van der Waals surface area contributed by atoms with Crippen LogP contribution in [0.1, 0.15) is 106 Å². The molecule has 5 rings (SSSR count). The summed E-state index contributed by atoms with van der Waals surface area (Å²) in [6.45, 7) is 17.5. The molecule has 0 radical (unpaired) electrons. The minimum absolute atomic E-state index is 0.0988. The maximum atomic E-state index is 10.9. The van der Waals surface area contributed by atoms with Crippen molar-refractivity contribution in [1.29, 1.82) is 0 Å². The number of hydrogen-bond acceptors (Lipinski definition) is 2. The summed E-state index contributed by atoms with van der Waals surface area (Å²) >= 11 is 0. The van der Waals surface area contributed by atoms with Gasteiger partial charge in [0.15, 0.2) is 0 Å². The van der Waals surface area contributed by atoms with Crippen molar-refractivity contribution in [2.75, 3.05) is 6.61 Å². The highest BCUT2D eigenvalue weighted by atomic mass is 16.3. The summed E-state index contributed by atoms with van der Waals surface area (Å²) in [4.78, 5) is 0. The monoisotopic (exact) mass is 440 g/mol. The number of aliphatic hydroxyl groups excluding tert-OH is 2. The van der Waals surface area contributed by atoms with Crippen molar-refractivity contribution in [3.63, 3.8) is 0 Å². The Morgan fingerprint density at radius 1 is 0.875 bits per heavy atom. The molecule has 0 aromatic carbocycles. The van der Waals surface area contributed by atoms with Gasteiger partial charge in [-0.25, -0.2) is 0 Å². The molecule has 2 N–H and O–H groups in total. The van der Waals surface area contributed by atoms with Crippen molar-refractivity contribution < 1.29 is 10.2 Å². The zero-order valence-electron chi connectivity index (χ0n) is 21.9. The van der Waals surface area contributed by atoms with Gasteiger partial charge in [-0.3, -0.25) is 0 Å². The first kappa shape index (κ1) is 23.2. The molecular formula is C30H48O2. The van der Waals surface area contributed by atoms with Crippen LogP contribution >= 0.6 is 0 Å². The number of rotatable bonds is 1. The Morgan fingerprint density at radius 2 is 1.56 bits per heavy atom. The molecule has 0 bridgehead atoms. The SMILES string of the molecule is CC1(C)CC[C@]2(C)CC[C@]3(C)C(=C2C1)C=C[C@@H]1[C@@]2(C)CC[C@H](O)[C@](C)(CO)[C@H]2CC[C@]13C. The van der Waals surface area contributed by atoms with Gasteiger partial charge in [-0.2, -0.15) is 0 Å². The summed E-state index contributed by atoms with van der Waals surface area (Å²) < 4.78 is 0. The molecule has 3 fully saturated rings. The lowest BCUT2D eigenvalue weighted by Crippen LogP contribution is -2.64. The Hall–Kier alpha value is -0.600. The van der Waals surface area contributed by atoms with E-state index in [1.54, 1.807) is 11.1 Å². The highest BCUT2D eigenvalue weighted by Gasteiger charge is 2.67. The molecule has 180 valence electrons. The smallest absolute Gasteiger partial charge is 0.0618 e. The average Bonchev–Trinajstić information content (AvgIpc) is 2.73.